The van der Waals surface area contributed by atoms with Crippen LogP contribution in [0.1, 0.15) is 43.4 Å². The van der Waals surface area contributed by atoms with E-state index in [-0.39, 0.29) is 29.5 Å². The fourth-order valence-corrected chi connectivity index (χ4v) is 5.47. The van der Waals surface area contributed by atoms with Crippen molar-refractivity contribution in [3.8, 4) is 0 Å². The topological polar surface area (TPSA) is 71.5 Å². The molecule has 0 radical (unpaired) electrons. The zero-order valence-corrected chi connectivity index (χ0v) is 22.0. The number of hydrogen-bond donors (Lipinski definition) is 0. The van der Waals surface area contributed by atoms with Crippen molar-refractivity contribution in [3.63, 3.8) is 0 Å². The number of benzene rings is 1. The number of pyridine rings is 2. The van der Waals surface area contributed by atoms with Crippen LogP contribution in [0.3, 0.4) is 0 Å². The molecule has 8 nitrogen and oxygen atoms in total. The molecule has 38 heavy (non-hydrogen) atoms. The van der Waals surface area contributed by atoms with Gasteiger partial charge in [-0.25, -0.2) is 14.4 Å². The van der Waals surface area contributed by atoms with Crippen molar-refractivity contribution in [1.82, 2.24) is 24.4 Å². The van der Waals surface area contributed by atoms with Crippen LogP contribution in [-0.2, 0) is 7.05 Å². The summed E-state index contributed by atoms with van der Waals surface area (Å²) in [6, 6.07) is 13.6. The minimum atomic E-state index is -0.277. The predicted octanol–water partition coefficient (Wildman–Crippen LogP) is 4.80. The second-order valence-corrected chi connectivity index (χ2v) is 9.82. The van der Waals surface area contributed by atoms with Crippen LogP contribution in [-0.4, -0.2) is 49.6 Å². The van der Waals surface area contributed by atoms with Gasteiger partial charge in [0.1, 0.15) is 11.6 Å². The van der Waals surface area contributed by atoms with E-state index in [0.29, 0.717) is 35.8 Å². The maximum absolute atomic E-state index is 13.8. The molecule has 3 atom stereocenters. The number of nitrogens with zero attached hydrogens (tertiary/aromatic N) is 7. The Labute approximate surface area is 221 Å². The minimum Gasteiger partial charge on any atom is -0.362 e. The summed E-state index contributed by atoms with van der Waals surface area (Å²) < 4.78 is 15.4. The first-order valence-corrected chi connectivity index (χ1v) is 12.8. The quantitative estimate of drug-likeness (QED) is 0.359. The molecule has 1 aliphatic heterocycles. The molecule has 0 saturated carbocycles. The van der Waals surface area contributed by atoms with E-state index in [1.54, 1.807) is 36.0 Å². The summed E-state index contributed by atoms with van der Waals surface area (Å²) in [5, 5.41) is 0. The zero-order chi connectivity index (χ0) is 27.0. The largest absolute Gasteiger partial charge is 0.362 e. The van der Waals surface area contributed by atoms with Crippen LogP contribution < -0.4 is 10.5 Å². The van der Waals surface area contributed by atoms with Gasteiger partial charge in [0.2, 0.25) is 5.52 Å². The number of hydrogen-bond acceptors (Lipinski definition) is 6. The van der Waals surface area contributed by atoms with Crippen molar-refractivity contribution in [2.75, 3.05) is 18.0 Å². The standard InChI is InChI=1S/C29H30FN7O/c1-6-22-17-36(25-15-27(38)35(5)24-11-12-26(31-4)34-28(24)25)18(2)16-37(22)29(20-7-9-21(30)10-8-20)23-13-14-32-19(3)33-23/h7-15,18,22,29H,6,16-17H2,1-3,5H3/t18-,22+,29?/m0/s1. The van der Waals surface area contributed by atoms with Gasteiger partial charge in [-0.15, -0.1) is 4.98 Å². The number of anilines is 1. The SMILES string of the molecule is [C-]#[N+]c1ccc2c(n1)c(N1C[C@@H](CC)N(C(c3ccc(F)cc3)c3ccnc(C)n3)C[C@@H]1C)cc(=O)n2C. The Morgan fingerprint density at radius 1 is 1.13 bits per heavy atom. The van der Waals surface area contributed by atoms with Gasteiger partial charge in [0.25, 0.3) is 11.4 Å². The van der Waals surface area contributed by atoms with Gasteiger partial charge in [0, 0.05) is 44.5 Å². The van der Waals surface area contributed by atoms with Crippen molar-refractivity contribution in [2.24, 2.45) is 7.05 Å². The molecule has 0 bridgehead atoms. The Balaban J connectivity index is 1.59. The summed E-state index contributed by atoms with van der Waals surface area (Å²) in [6.45, 7) is 14.9. The average molecular weight is 512 g/mol. The molecule has 1 aromatic carbocycles. The maximum atomic E-state index is 13.8. The molecule has 1 aliphatic rings. The number of aryl methyl sites for hydroxylation is 2. The first kappa shape index (κ1) is 25.5. The molecule has 9 heteroatoms. The fourth-order valence-electron chi connectivity index (χ4n) is 5.47. The van der Waals surface area contributed by atoms with Crippen molar-refractivity contribution in [2.45, 2.75) is 45.3 Å². The lowest BCUT2D eigenvalue weighted by Crippen LogP contribution is -2.58. The van der Waals surface area contributed by atoms with Crippen molar-refractivity contribution < 1.29 is 4.39 Å². The first-order valence-electron chi connectivity index (χ1n) is 12.8. The van der Waals surface area contributed by atoms with Gasteiger partial charge in [0.05, 0.1) is 22.9 Å². The normalized spacial score (nSPS) is 18.9. The Bertz CT molecular complexity index is 1580. The van der Waals surface area contributed by atoms with Crippen molar-refractivity contribution in [3.05, 3.63) is 99.4 Å². The molecule has 0 spiro atoms. The van der Waals surface area contributed by atoms with E-state index in [1.807, 2.05) is 25.1 Å². The van der Waals surface area contributed by atoms with Crippen LogP contribution in [0.5, 0.6) is 0 Å². The molecule has 1 fully saturated rings. The third kappa shape index (κ3) is 4.63. The smallest absolute Gasteiger partial charge is 0.270 e. The molecule has 0 amide bonds. The highest BCUT2D eigenvalue weighted by Crippen LogP contribution is 2.36. The van der Waals surface area contributed by atoms with Gasteiger partial charge in [-0.05, 0) is 56.2 Å². The molecule has 5 rings (SSSR count). The van der Waals surface area contributed by atoms with E-state index in [4.69, 9.17) is 11.6 Å². The highest BCUT2D eigenvalue weighted by Gasteiger charge is 2.38. The van der Waals surface area contributed by atoms with Gasteiger partial charge in [-0.1, -0.05) is 25.6 Å². The van der Waals surface area contributed by atoms with Crippen LogP contribution >= 0.6 is 0 Å². The molecule has 3 aromatic heterocycles. The second kappa shape index (κ2) is 10.3. The van der Waals surface area contributed by atoms with Gasteiger partial charge in [-0.2, -0.15) is 0 Å². The Kier molecular flexibility index (Phi) is 6.91. The third-order valence-electron chi connectivity index (χ3n) is 7.43. The Morgan fingerprint density at radius 2 is 1.89 bits per heavy atom. The zero-order valence-electron chi connectivity index (χ0n) is 22.0. The highest BCUT2D eigenvalue weighted by atomic mass is 19.1. The van der Waals surface area contributed by atoms with Crippen LogP contribution in [0.4, 0.5) is 15.9 Å². The molecule has 4 heterocycles. The number of aromatic nitrogens is 4. The van der Waals surface area contributed by atoms with Gasteiger partial charge in [0.15, 0.2) is 0 Å². The van der Waals surface area contributed by atoms with E-state index in [2.05, 4.69) is 38.5 Å². The van der Waals surface area contributed by atoms with Crippen LogP contribution in [0.25, 0.3) is 15.9 Å². The lowest BCUT2D eigenvalue weighted by Gasteiger charge is -2.49. The Hall–Kier alpha value is -4.16. The maximum Gasteiger partial charge on any atom is 0.270 e. The lowest BCUT2D eigenvalue weighted by atomic mass is 9.95. The molecule has 0 N–H and O–H groups in total. The van der Waals surface area contributed by atoms with Crippen molar-refractivity contribution in [1.29, 1.82) is 0 Å². The third-order valence-corrected chi connectivity index (χ3v) is 7.43. The van der Waals surface area contributed by atoms with E-state index in [9.17, 15) is 9.18 Å². The Morgan fingerprint density at radius 3 is 2.58 bits per heavy atom. The monoisotopic (exact) mass is 511 g/mol. The molecule has 1 saturated heterocycles. The van der Waals surface area contributed by atoms with E-state index < -0.39 is 0 Å². The van der Waals surface area contributed by atoms with Gasteiger partial charge in [-0.3, -0.25) is 9.69 Å². The summed E-state index contributed by atoms with van der Waals surface area (Å²) in [5.74, 6) is 0.703. The van der Waals surface area contributed by atoms with Crippen LogP contribution in [0.2, 0.25) is 0 Å². The summed E-state index contributed by atoms with van der Waals surface area (Å²) in [5.41, 5.74) is 3.81. The summed E-state index contributed by atoms with van der Waals surface area (Å²) in [4.78, 5) is 34.7. The second-order valence-electron chi connectivity index (χ2n) is 9.82. The number of piperazine rings is 1. The van der Waals surface area contributed by atoms with Gasteiger partial charge >= 0.3 is 0 Å². The number of rotatable bonds is 5. The predicted molar refractivity (Wildman–Crippen MR) is 146 cm³/mol. The van der Waals surface area contributed by atoms with E-state index in [0.717, 1.165) is 23.4 Å². The lowest BCUT2D eigenvalue weighted by molar-refractivity contribution is 0.114. The van der Waals surface area contributed by atoms with Crippen molar-refractivity contribution >= 4 is 22.5 Å². The number of halogens is 1. The first-order chi connectivity index (χ1) is 18.3. The molecule has 0 aliphatic carbocycles. The fraction of sp³-hybridized carbons (Fsp3) is 0.345. The summed E-state index contributed by atoms with van der Waals surface area (Å²) >= 11 is 0. The highest BCUT2D eigenvalue weighted by molar-refractivity contribution is 5.89. The number of fused-ring (bicyclic) bond motifs is 1. The molecule has 194 valence electrons. The molecular formula is C29H30FN7O. The molecular weight excluding hydrogens is 481 g/mol. The minimum absolute atomic E-state index is 0.0254. The average Bonchev–Trinajstić information content (AvgIpc) is 2.92. The van der Waals surface area contributed by atoms with Crippen LogP contribution in [0.15, 0.2) is 59.5 Å². The summed E-state index contributed by atoms with van der Waals surface area (Å²) in [6.07, 6.45) is 2.62. The molecule has 4 aromatic rings. The molecule has 1 unspecified atom stereocenters. The van der Waals surface area contributed by atoms with E-state index >= 15 is 0 Å². The summed E-state index contributed by atoms with van der Waals surface area (Å²) in [7, 11) is 1.72. The van der Waals surface area contributed by atoms with Gasteiger partial charge < -0.3 is 14.3 Å². The van der Waals surface area contributed by atoms with Crippen LogP contribution in [0, 0.1) is 19.3 Å². The van der Waals surface area contributed by atoms with E-state index in [1.165, 1.54) is 12.1 Å².